The number of ether oxygens (including phenoxy) is 1. The van der Waals surface area contributed by atoms with Gasteiger partial charge in [0.2, 0.25) is 0 Å². The summed E-state index contributed by atoms with van der Waals surface area (Å²) in [5.41, 5.74) is 17.3. The van der Waals surface area contributed by atoms with Crippen molar-refractivity contribution in [3.63, 3.8) is 0 Å². The van der Waals surface area contributed by atoms with E-state index in [1.807, 2.05) is 0 Å². The van der Waals surface area contributed by atoms with Crippen molar-refractivity contribution in [1.82, 2.24) is 0 Å². The van der Waals surface area contributed by atoms with Crippen LogP contribution in [-0.4, -0.2) is 11.9 Å². The number of azide groups is 2. The van der Waals surface area contributed by atoms with E-state index in [0.717, 1.165) is 0 Å². The van der Waals surface area contributed by atoms with Crippen LogP contribution in [0.3, 0.4) is 0 Å². The van der Waals surface area contributed by atoms with Gasteiger partial charge in [-0.25, -0.2) is 9.59 Å². The minimum atomic E-state index is -0.890. The molecule has 0 heterocycles. The van der Waals surface area contributed by atoms with Crippen LogP contribution < -0.4 is 0 Å². The maximum Gasteiger partial charge on any atom is 0.346 e. The highest BCUT2D eigenvalue weighted by molar-refractivity contribution is 6.03. The van der Waals surface area contributed by atoms with Gasteiger partial charge in [0.15, 0.2) is 0 Å². The Hall–Kier alpha value is -3.80. The zero-order valence-electron chi connectivity index (χ0n) is 11.5. The molecule has 9 nitrogen and oxygen atoms in total. The molecular weight excluding hydrogens is 300 g/mol. The summed E-state index contributed by atoms with van der Waals surface area (Å²) in [5.74, 6) is -1.78. The second-order valence-electron chi connectivity index (χ2n) is 4.16. The number of benzene rings is 2. The molecule has 0 bridgehead atoms. The zero-order valence-corrected chi connectivity index (χ0v) is 11.5. The highest BCUT2D eigenvalue weighted by Crippen LogP contribution is 2.17. The van der Waals surface area contributed by atoms with Gasteiger partial charge in [-0.15, -0.1) is 0 Å². The monoisotopic (exact) mass is 308 g/mol. The van der Waals surface area contributed by atoms with E-state index in [0.29, 0.717) is 0 Å². The molecule has 2 aromatic carbocycles. The van der Waals surface area contributed by atoms with Gasteiger partial charge in [0.1, 0.15) is 0 Å². The summed E-state index contributed by atoms with van der Waals surface area (Å²) in [6.07, 6.45) is 0. The zero-order chi connectivity index (χ0) is 16.7. The van der Waals surface area contributed by atoms with Crippen LogP contribution in [0.25, 0.3) is 20.9 Å². The SMILES string of the molecule is [N-]=[N+]=Nc1cccc(C(=O)OC(=O)c2cccc(N=[N+]=[N-])c2)c1. The van der Waals surface area contributed by atoms with Gasteiger partial charge in [0.25, 0.3) is 0 Å². The lowest BCUT2D eigenvalue weighted by atomic mass is 10.2. The predicted octanol–water partition coefficient (Wildman–Crippen LogP) is 4.57. The lowest BCUT2D eigenvalue weighted by Crippen LogP contribution is -2.12. The largest absolute Gasteiger partial charge is 0.386 e. The van der Waals surface area contributed by atoms with E-state index in [1.165, 1.54) is 48.5 Å². The van der Waals surface area contributed by atoms with Gasteiger partial charge in [-0.1, -0.05) is 34.5 Å². The molecule has 0 saturated heterocycles. The Bertz CT molecular complexity index is 795. The van der Waals surface area contributed by atoms with Crippen LogP contribution in [0.5, 0.6) is 0 Å². The summed E-state index contributed by atoms with van der Waals surface area (Å²) in [4.78, 5) is 29.1. The molecule has 0 aromatic heterocycles. The predicted molar refractivity (Wildman–Crippen MR) is 80.2 cm³/mol. The minimum absolute atomic E-state index is 0.0643. The summed E-state index contributed by atoms with van der Waals surface area (Å²) in [7, 11) is 0. The van der Waals surface area contributed by atoms with Crippen molar-refractivity contribution in [3.05, 3.63) is 80.5 Å². The molecule has 0 aliphatic heterocycles. The van der Waals surface area contributed by atoms with Crippen LogP contribution in [-0.2, 0) is 4.74 Å². The lowest BCUT2D eigenvalue weighted by molar-refractivity contribution is 0.0398. The summed E-state index contributed by atoms with van der Waals surface area (Å²) >= 11 is 0. The maximum atomic E-state index is 11.9. The third kappa shape index (κ3) is 4.08. The molecule has 0 unspecified atom stereocenters. The Morgan fingerprint density at radius 1 is 0.826 bits per heavy atom. The van der Waals surface area contributed by atoms with Crippen molar-refractivity contribution >= 4 is 23.3 Å². The van der Waals surface area contributed by atoms with Crippen molar-refractivity contribution in [1.29, 1.82) is 0 Å². The van der Waals surface area contributed by atoms with E-state index in [-0.39, 0.29) is 22.5 Å². The molecule has 0 amide bonds. The standard InChI is InChI=1S/C14H8N6O3/c15-19-17-11-5-1-3-9(7-11)13(21)23-14(22)10-4-2-6-12(8-10)18-20-16/h1-8H. The van der Waals surface area contributed by atoms with Crippen LogP contribution in [0.4, 0.5) is 11.4 Å². The molecule has 0 aliphatic rings. The number of nitrogens with zero attached hydrogens (tertiary/aromatic N) is 6. The number of hydrogen-bond acceptors (Lipinski definition) is 5. The fraction of sp³-hybridized carbons (Fsp3) is 0. The number of esters is 2. The van der Waals surface area contributed by atoms with Crippen molar-refractivity contribution in [2.45, 2.75) is 0 Å². The van der Waals surface area contributed by atoms with E-state index in [9.17, 15) is 9.59 Å². The molecule has 0 fully saturated rings. The highest BCUT2D eigenvalue weighted by Gasteiger charge is 2.15. The average Bonchev–Trinajstić information content (AvgIpc) is 2.56. The van der Waals surface area contributed by atoms with E-state index in [1.54, 1.807) is 0 Å². The van der Waals surface area contributed by atoms with Gasteiger partial charge in [0, 0.05) is 21.2 Å². The first kappa shape index (κ1) is 15.6. The van der Waals surface area contributed by atoms with Gasteiger partial charge in [-0.05, 0) is 35.3 Å². The van der Waals surface area contributed by atoms with Crippen molar-refractivity contribution in [3.8, 4) is 0 Å². The smallest absolute Gasteiger partial charge is 0.346 e. The van der Waals surface area contributed by atoms with Crippen LogP contribution in [0.2, 0.25) is 0 Å². The normalized spacial score (nSPS) is 9.22. The number of carbonyl (C=O) groups excluding carboxylic acids is 2. The van der Waals surface area contributed by atoms with Crippen LogP contribution in [0.1, 0.15) is 20.7 Å². The van der Waals surface area contributed by atoms with E-state index < -0.39 is 11.9 Å². The molecule has 0 aliphatic carbocycles. The molecule has 0 atom stereocenters. The molecule has 2 rings (SSSR count). The number of carbonyl (C=O) groups is 2. The van der Waals surface area contributed by atoms with Gasteiger partial charge < -0.3 is 4.74 Å². The molecule has 0 radical (unpaired) electrons. The average molecular weight is 308 g/mol. The first-order valence-electron chi connectivity index (χ1n) is 6.21. The Kier molecular flexibility index (Phi) is 4.93. The van der Waals surface area contributed by atoms with Gasteiger partial charge >= 0.3 is 11.9 Å². The molecule has 112 valence electrons. The maximum absolute atomic E-state index is 11.9. The Morgan fingerprint density at radius 2 is 1.26 bits per heavy atom. The Morgan fingerprint density at radius 3 is 1.65 bits per heavy atom. The van der Waals surface area contributed by atoms with Crippen LogP contribution in [0, 0.1) is 0 Å². The summed E-state index contributed by atoms with van der Waals surface area (Å²) in [5, 5.41) is 6.72. The summed E-state index contributed by atoms with van der Waals surface area (Å²) in [6, 6.07) is 11.4. The number of rotatable bonds is 4. The Balaban J connectivity index is 2.18. The van der Waals surface area contributed by atoms with Crippen molar-refractivity contribution < 1.29 is 14.3 Å². The molecule has 23 heavy (non-hydrogen) atoms. The van der Waals surface area contributed by atoms with Crippen LogP contribution >= 0.6 is 0 Å². The summed E-state index contributed by atoms with van der Waals surface area (Å²) in [6.45, 7) is 0. The third-order valence-corrected chi connectivity index (χ3v) is 2.67. The van der Waals surface area contributed by atoms with E-state index in [4.69, 9.17) is 15.8 Å². The van der Waals surface area contributed by atoms with Crippen LogP contribution in [0.15, 0.2) is 58.8 Å². The molecular formula is C14H8N6O3. The van der Waals surface area contributed by atoms with E-state index in [2.05, 4.69) is 20.1 Å². The first-order chi connectivity index (χ1) is 11.1. The molecule has 0 N–H and O–H groups in total. The van der Waals surface area contributed by atoms with Crippen molar-refractivity contribution in [2.24, 2.45) is 10.2 Å². The van der Waals surface area contributed by atoms with Gasteiger partial charge in [-0.2, -0.15) is 0 Å². The fourth-order valence-corrected chi connectivity index (χ4v) is 1.70. The molecule has 2 aromatic rings. The quantitative estimate of drug-likeness (QED) is 0.268. The van der Waals surface area contributed by atoms with E-state index >= 15 is 0 Å². The molecule has 0 saturated carbocycles. The molecule has 0 spiro atoms. The second-order valence-corrected chi connectivity index (χ2v) is 4.16. The second kappa shape index (κ2) is 7.28. The lowest BCUT2D eigenvalue weighted by Gasteiger charge is -2.04. The minimum Gasteiger partial charge on any atom is -0.386 e. The Labute approximate surface area is 129 Å². The first-order valence-corrected chi connectivity index (χ1v) is 6.21. The molecule has 9 heteroatoms. The van der Waals surface area contributed by atoms with Gasteiger partial charge in [-0.3, -0.25) is 0 Å². The third-order valence-electron chi connectivity index (χ3n) is 2.67. The van der Waals surface area contributed by atoms with Gasteiger partial charge in [0.05, 0.1) is 11.1 Å². The van der Waals surface area contributed by atoms with Crippen molar-refractivity contribution in [2.75, 3.05) is 0 Å². The fourth-order valence-electron chi connectivity index (χ4n) is 1.70. The summed E-state index contributed by atoms with van der Waals surface area (Å²) < 4.78 is 4.74. The highest BCUT2D eigenvalue weighted by atomic mass is 16.6. The topological polar surface area (TPSA) is 141 Å². The number of hydrogen-bond donors (Lipinski definition) is 0.